The van der Waals surface area contributed by atoms with Gasteiger partial charge in [0.25, 0.3) is 5.95 Å². The number of ether oxygens (including phenoxy) is 2. The lowest BCUT2D eigenvalue weighted by Gasteiger charge is -2.18. The first-order valence-electron chi connectivity index (χ1n) is 10.6. The van der Waals surface area contributed by atoms with Crippen LogP contribution in [0.1, 0.15) is 38.0 Å². The van der Waals surface area contributed by atoms with Crippen LogP contribution < -0.4 is 4.74 Å². The Morgan fingerprint density at radius 3 is 2.52 bits per heavy atom. The van der Waals surface area contributed by atoms with Crippen molar-refractivity contribution in [2.75, 3.05) is 33.9 Å². The fourth-order valence-corrected chi connectivity index (χ4v) is 4.32. The molecule has 9 heteroatoms. The summed E-state index contributed by atoms with van der Waals surface area (Å²) in [6.45, 7) is 8.43. The molecule has 1 unspecified atom stereocenters. The Balaban J connectivity index is 1.81. The summed E-state index contributed by atoms with van der Waals surface area (Å²) < 4.78 is 14.6. The van der Waals surface area contributed by atoms with Gasteiger partial charge < -0.3 is 9.47 Å². The number of aryl methyl sites for hydroxylation is 2. The summed E-state index contributed by atoms with van der Waals surface area (Å²) in [6, 6.07) is 7.96. The van der Waals surface area contributed by atoms with E-state index in [9.17, 15) is 0 Å². The number of hydrogen-bond donors (Lipinski definition) is 0. The standard InChI is InChI=1S/C22H31N7O2/c1-15-23-21(28(5)25-15)29-20(17-13-22(2,3)14-27(17)4)24-19(26-29)16-9-7-8-10-18(16)31-12-11-30-6/h7-10,17H,11-14H2,1-6H3. The van der Waals surface area contributed by atoms with Gasteiger partial charge in [-0.3, -0.25) is 4.90 Å². The summed E-state index contributed by atoms with van der Waals surface area (Å²) in [5, 5.41) is 9.30. The number of likely N-dealkylation sites (tertiary alicyclic amines) is 1. The largest absolute Gasteiger partial charge is 0.490 e. The summed E-state index contributed by atoms with van der Waals surface area (Å²) in [4.78, 5) is 12.0. The first-order valence-corrected chi connectivity index (χ1v) is 10.6. The highest BCUT2D eigenvalue weighted by atomic mass is 16.5. The molecular formula is C22H31N7O2. The molecule has 1 aliphatic heterocycles. The molecule has 2 aromatic heterocycles. The van der Waals surface area contributed by atoms with Crippen LogP contribution in [-0.4, -0.2) is 68.3 Å². The zero-order valence-electron chi connectivity index (χ0n) is 19.2. The molecule has 3 heterocycles. The second-order valence-electron chi connectivity index (χ2n) is 8.92. The van der Waals surface area contributed by atoms with E-state index in [1.807, 2.05) is 42.9 Å². The molecule has 0 saturated carbocycles. The lowest BCUT2D eigenvalue weighted by Crippen LogP contribution is -2.23. The SMILES string of the molecule is COCCOc1ccccc1-c1nc(C2CC(C)(C)CN2C)n(-c2nc(C)nn2C)n1. The predicted octanol–water partition coefficient (Wildman–Crippen LogP) is 2.80. The molecule has 1 atom stereocenters. The Bertz CT molecular complexity index is 1060. The molecule has 3 aromatic rings. The maximum absolute atomic E-state index is 5.94. The van der Waals surface area contributed by atoms with E-state index in [-0.39, 0.29) is 11.5 Å². The van der Waals surface area contributed by atoms with Crippen LogP contribution in [0.2, 0.25) is 0 Å². The highest BCUT2D eigenvalue weighted by molar-refractivity contribution is 5.64. The molecule has 1 saturated heterocycles. The van der Waals surface area contributed by atoms with Crippen LogP contribution >= 0.6 is 0 Å². The minimum absolute atomic E-state index is 0.134. The van der Waals surface area contributed by atoms with E-state index in [1.165, 1.54) is 0 Å². The Morgan fingerprint density at radius 2 is 1.87 bits per heavy atom. The van der Waals surface area contributed by atoms with E-state index in [2.05, 4.69) is 35.9 Å². The van der Waals surface area contributed by atoms with E-state index >= 15 is 0 Å². The normalized spacial score (nSPS) is 18.6. The van der Waals surface area contributed by atoms with E-state index in [1.54, 1.807) is 11.8 Å². The number of para-hydroxylation sites is 1. The molecule has 9 nitrogen and oxygen atoms in total. The van der Waals surface area contributed by atoms with Crippen molar-refractivity contribution in [2.24, 2.45) is 12.5 Å². The highest BCUT2D eigenvalue weighted by Gasteiger charge is 2.39. The van der Waals surface area contributed by atoms with Gasteiger partial charge in [0, 0.05) is 20.7 Å². The fraction of sp³-hybridized carbons (Fsp3) is 0.545. The lowest BCUT2D eigenvalue weighted by molar-refractivity contribution is 0.146. The van der Waals surface area contributed by atoms with Gasteiger partial charge >= 0.3 is 0 Å². The number of rotatable bonds is 7. The Kier molecular flexibility index (Phi) is 5.81. The third-order valence-corrected chi connectivity index (χ3v) is 5.59. The summed E-state index contributed by atoms with van der Waals surface area (Å²) in [7, 11) is 5.68. The molecule has 1 aromatic carbocycles. The number of aromatic nitrogens is 6. The average molecular weight is 426 g/mol. The summed E-state index contributed by atoms with van der Waals surface area (Å²) >= 11 is 0. The maximum Gasteiger partial charge on any atom is 0.250 e. The molecule has 0 radical (unpaired) electrons. The van der Waals surface area contributed by atoms with E-state index in [0.29, 0.717) is 30.8 Å². The van der Waals surface area contributed by atoms with Gasteiger partial charge in [0.1, 0.15) is 18.2 Å². The van der Waals surface area contributed by atoms with Gasteiger partial charge in [-0.05, 0) is 37.9 Å². The fourth-order valence-electron chi connectivity index (χ4n) is 4.32. The zero-order chi connectivity index (χ0) is 22.2. The Labute approximate surface area is 183 Å². The van der Waals surface area contributed by atoms with Gasteiger partial charge in [-0.1, -0.05) is 26.0 Å². The predicted molar refractivity (Wildman–Crippen MR) is 117 cm³/mol. The monoisotopic (exact) mass is 425 g/mol. The van der Waals surface area contributed by atoms with E-state index in [4.69, 9.17) is 19.6 Å². The van der Waals surface area contributed by atoms with Crippen LogP contribution in [0.5, 0.6) is 5.75 Å². The quantitative estimate of drug-likeness (QED) is 0.538. The Hall–Kier alpha value is -2.78. The summed E-state index contributed by atoms with van der Waals surface area (Å²) in [6.07, 6.45) is 0.991. The molecule has 0 aliphatic carbocycles. The number of hydrogen-bond acceptors (Lipinski definition) is 7. The molecule has 0 N–H and O–H groups in total. The van der Waals surface area contributed by atoms with Crippen molar-refractivity contribution in [1.29, 1.82) is 0 Å². The van der Waals surface area contributed by atoms with Crippen molar-refractivity contribution in [3.8, 4) is 23.1 Å². The molecule has 0 bridgehead atoms. The lowest BCUT2D eigenvalue weighted by atomic mass is 9.90. The van der Waals surface area contributed by atoms with Crippen LogP contribution in [0, 0.1) is 12.3 Å². The highest BCUT2D eigenvalue weighted by Crippen LogP contribution is 2.42. The van der Waals surface area contributed by atoms with Crippen molar-refractivity contribution in [3.05, 3.63) is 35.9 Å². The zero-order valence-corrected chi connectivity index (χ0v) is 19.2. The van der Waals surface area contributed by atoms with Gasteiger partial charge in [0.05, 0.1) is 18.2 Å². The van der Waals surface area contributed by atoms with Crippen molar-refractivity contribution in [2.45, 2.75) is 33.2 Å². The van der Waals surface area contributed by atoms with E-state index in [0.717, 1.165) is 30.1 Å². The van der Waals surface area contributed by atoms with Crippen molar-refractivity contribution >= 4 is 0 Å². The van der Waals surface area contributed by atoms with Crippen LogP contribution in [-0.2, 0) is 11.8 Å². The van der Waals surface area contributed by atoms with Crippen LogP contribution in [0.25, 0.3) is 17.3 Å². The second-order valence-corrected chi connectivity index (χ2v) is 8.92. The minimum Gasteiger partial charge on any atom is -0.490 e. The number of methoxy groups -OCH3 is 1. The molecule has 0 spiro atoms. The first-order chi connectivity index (χ1) is 14.8. The second kappa shape index (κ2) is 8.39. The van der Waals surface area contributed by atoms with Gasteiger partial charge in [-0.15, -0.1) is 5.10 Å². The smallest absolute Gasteiger partial charge is 0.250 e. The summed E-state index contributed by atoms with van der Waals surface area (Å²) in [5.74, 6) is 3.57. The van der Waals surface area contributed by atoms with Gasteiger partial charge in [-0.25, -0.2) is 9.67 Å². The van der Waals surface area contributed by atoms with Crippen LogP contribution in [0.15, 0.2) is 24.3 Å². The van der Waals surface area contributed by atoms with Crippen molar-refractivity contribution < 1.29 is 9.47 Å². The Morgan fingerprint density at radius 1 is 1.10 bits per heavy atom. The third kappa shape index (κ3) is 4.33. The molecule has 1 fully saturated rings. The molecule has 1 aliphatic rings. The molecule has 166 valence electrons. The van der Waals surface area contributed by atoms with Gasteiger partial charge in [0.2, 0.25) is 0 Å². The minimum atomic E-state index is 0.134. The topological polar surface area (TPSA) is 83.1 Å². The first kappa shape index (κ1) is 21.5. The average Bonchev–Trinajstić information content (AvgIpc) is 3.36. The summed E-state index contributed by atoms with van der Waals surface area (Å²) in [5.41, 5.74) is 1.05. The van der Waals surface area contributed by atoms with Crippen molar-refractivity contribution in [3.63, 3.8) is 0 Å². The number of nitrogens with zero attached hydrogens (tertiary/aromatic N) is 7. The third-order valence-electron chi connectivity index (χ3n) is 5.59. The van der Waals surface area contributed by atoms with Crippen molar-refractivity contribution in [1.82, 2.24) is 34.4 Å². The van der Waals surface area contributed by atoms with Gasteiger partial charge in [-0.2, -0.15) is 14.8 Å². The molecule has 31 heavy (non-hydrogen) atoms. The number of benzene rings is 1. The molecule has 4 rings (SSSR count). The van der Waals surface area contributed by atoms with Crippen LogP contribution in [0.3, 0.4) is 0 Å². The van der Waals surface area contributed by atoms with Crippen LogP contribution in [0.4, 0.5) is 0 Å². The molecular weight excluding hydrogens is 394 g/mol. The molecule has 0 amide bonds. The van der Waals surface area contributed by atoms with E-state index < -0.39 is 0 Å². The maximum atomic E-state index is 5.94. The van der Waals surface area contributed by atoms with Gasteiger partial charge in [0.15, 0.2) is 11.6 Å².